The van der Waals surface area contributed by atoms with Gasteiger partial charge < -0.3 is 24.6 Å². The third-order valence-corrected chi connectivity index (χ3v) is 6.87. The van der Waals surface area contributed by atoms with Crippen LogP contribution in [0.1, 0.15) is 63.4 Å². The fourth-order valence-electron chi connectivity index (χ4n) is 5.09. The van der Waals surface area contributed by atoms with Gasteiger partial charge in [0.1, 0.15) is 17.4 Å². The Bertz CT molecular complexity index is 1090. The van der Waals surface area contributed by atoms with E-state index in [0.717, 1.165) is 42.9 Å². The van der Waals surface area contributed by atoms with E-state index in [-0.39, 0.29) is 23.3 Å². The lowest BCUT2D eigenvalue weighted by atomic mass is 9.99. The molecule has 0 aromatic heterocycles. The van der Waals surface area contributed by atoms with Gasteiger partial charge in [-0.1, -0.05) is 32.4 Å². The molecular formula is C30H41N3O4. The van der Waals surface area contributed by atoms with Crippen molar-refractivity contribution in [3.63, 3.8) is 0 Å². The highest BCUT2D eigenvalue weighted by molar-refractivity contribution is 6.10. The van der Waals surface area contributed by atoms with E-state index in [0.29, 0.717) is 37.4 Å². The molecule has 0 aliphatic carbocycles. The van der Waals surface area contributed by atoms with Crippen LogP contribution >= 0.6 is 0 Å². The van der Waals surface area contributed by atoms with E-state index < -0.39 is 6.04 Å². The lowest BCUT2D eigenvalue weighted by molar-refractivity contribution is -0.120. The van der Waals surface area contributed by atoms with E-state index in [1.54, 1.807) is 4.90 Å². The van der Waals surface area contributed by atoms with E-state index in [2.05, 4.69) is 24.1 Å². The molecule has 0 spiro atoms. The minimum Gasteiger partial charge on any atom is -0.488 e. The predicted octanol–water partition coefficient (Wildman–Crippen LogP) is 5.14. The fraction of sp³-hybridized carbons (Fsp3) is 0.533. The summed E-state index contributed by atoms with van der Waals surface area (Å²) in [6.45, 7) is 13.8. The Balaban J connectivity index is 1.63. The summed E-state index contributed by atoms with van der Waals surface area (Å²) in [6.07, 6.45) is 2.47. The highest BCUT2D eigenvalue weighted by atomic mass is 16.5. The van der Waals surface area contributed by atoms with Crippen LogP contribution in [-0.4, -0.2) is 61.2 Å². The molecule has 4 rings (SSSR count). The number of ether oxygens (including phenoxy) is 2. The second kappa shape index (κ2) is 11.5. The minimum absolute atomic E-state index is 0.0934. The molecule has 7 heteroatoms. The maximum absolute atomic E-state index is 14.0. The SMILES string of the molecule is CCCC(C)CN1C(=O)c2cc(N3CCOCC3)ccc2NC(=O)[C@@H]1Cc1ccc(OC(C)(C)C)cc1. The van der Waals surface area contributed by atoms with E-state index in [1.807, 2.05) is 63.2 Å². The van der Waals surface area contributed by atoms with Crippen molar-refractivity contribution in [2.45, 2.75) is 65.5 Å². The van der Waals surface area contributed by atoms with Crippen molar-refractivity contribution >= 4 is 23.2 Å². The summed E-state index contributed by atoms with van der Waals surface area (Å²) >= 11 is 0. The molecule has 2 amide bonds. The van der Waals surface area contributed by atoms with Crippen molar-refractivity contribution in [1.82, 2.24) is 4.90 Å². The monoisotopic (exact) mass is 507 g/mol. The molecule has 2 heterocycles. The molecule has 2 aliphatic heterocycles. The van der Waals surface area contributed by atoms with Crippen LogP contribution in [0.2, 0.25) is 0 Å². The van der Waals surface area contributed by atoms with Crippen molar-refractivity contribution < 1.29 is 19.1 Å². The van der Waals surface area contributed by atoms with E-state index in [1.165, 1.54) is 0 Å². The topological polar surface area (TPSA) is 71.1 Å². The summed E-state index contributed by atoms with van der Waals surface area (Å²) in [5.74, 6) is 0.832. The molecule has 0 radical (unpaired) electrons. The zero-order chi connectivity index (χ0) is 26.6. The van der Waals surface area contributed by atoms with Gasteiger partial charge in [-0.05, 0) is 69.0 Å². The third kappa shape index (κ3) is 6.83. The number of nitrogens with one attached hydrogen (secondary N) is 1. The van der Waals surface area contributed by atoms with Crippen LogP contribution < -0.4 is 15.0 Å². The Labute approximate surface area is 221 Å². The molecule has 1 saturated heterocycles. The van der Waals surface area contributed by atoms with Crippen molar-refractivity contribution in [2.75, 3.05) is 43.1 Å². The van der Waals surface area contributed by atoms with Gasteiger partial charge in [0.05, 0.1) is 24.5 Å². The summed E-state index contributed by atoms with van der Waals surface area (Å²) < 4.78 is 11.4. The van der Waals surface area contributed by atoms with Gasteiger partial charge in [-0.3, -0.25) is 9.59 Å². The van der Waals surface area contributed by atoms with Gasteiger partial charge in [0.2, 0.25) is 5.91 Å². The number of hydrogen-bond acceptors (Lipinski definition) is 5. The molecule has 1 unspecified atom stereocenters. The number of nitrogens with zero attached hydrogens (tertiary/aromatic N) is 2. The van der Waals surface area contributed by atoms with Crippen molar-refractivity contribution in [3.8, 4) is 5.75 Å². The van der Waals surface area contributed by atoms with Crippen LogP contribution in [0.15, 0.2) is 42.5 Å². The smallest absolute Gasteiger partial charge is 0.256 e. The van der Waals surface area contributed by atoms with Crippen LogP contribution in [0, 0.1) is 5.92 Å². The Hall–Kier alpha value is -3.06. The van der Waals surface area contributed by atoms with Gasteiger partial charge >= 0.3 is 0 Å². The van der Waals surface area contributed by atoms with Gasteiger partial charge in [0.15, 0.2) is 0 Å². The van der Waals surface area contributed by atoms with Gasteiger partial charge in [0.25, 0.3) is 5.91 Å². The molecule has 1 fully saturated rings. The Kier molecular flexibility index (Phi) is 8.42. The maximum atomic E-state index is 14.0. The lowest BCUT2D eigenvalue weighted by Gasteiger charge is -2.32. The summed E-state index contributed by atoms with van der Waals surface area (Å²) in [6, 6.07) is 13.0. The third-order valence-electron chi connectivity index (χ3n) is 6.87. The molecule has 2 aliphatic rings. The second-order valence-electron chi connectivity index (χ2n) is 11.2. The summed E-state index contributed by atoms with van der Waals surface area (Å²) in [5, 5.41) is 3.06. The van der Waals surface area contributed by atoms with Gasteiger partial charge in [-0.15, -0.1) is 0 Å². The normalized spacial score (nSPS) is 19.2. The molecule has 2 aromatic carbocycles. The molecule has 37 heavy (non-hydrogen) atoms. The number of fused-ring (bicyclic) bond motifs is 1. The quantitative estimate of drug-likeness (QED) is 0.536. The zero-order valence-electron chi connectivity index (χ0n) is 22.9. The van der Waals surface area contributed by atoms with E-state index in [4.69, 9.17) is 9.47 Å². The van der Waals surface area contributed by atoms with Gasteiger partial charge in [-0.25, -0.2) is 0 Å². The number of benzene rings is 2. The molecule has 7 nitrogen and oxygen atoms in total. The minimum atomic E-state index is -0.597. The van der Waals surface area contributed by atoms with Crippen LogP contribution in [0.25, 0.3) is 0 Å². The summed E-state index contributed by atoms with van der Waals surface area (Å²) in [5.41, 5.74) is 2.82. The number of carbonyl (C=O) groups excluding carboxylic acids is 2. The fourth-order valence-corrected chi connectivity index (χ4v) is 5.09. The van der Waals surface area contributed by atoms with Crippen molar-refractivity contribution in [3.05, 3.63) is 53.6 Å². The highest BCUT2D eigenvalue weighted by Crippen LogP contribution is 2.30. The average molecular weight is 508 g/mol. The first-order valence-corrected chi connectivity index (χ1v) is 13.5. The number of carbonyl (C=O) groups is 2. The van der Waals surface area contributed by atoms with E-state index in [9.17, 15) is 9.59 Å². The summed E-state index contributed by atoms with van der Waals surface area (Å²) in [4.78, 5) is 31.6. The zero-order valence-corrected chi connectivity index (χ0v) is 22.9. The number of anilines is 2. The molecule has 2 aromatic rings. The van der Waals surface area contributed by atoms with Crippen LogP contribution in [0.4, 0.5) is 11.4 Å². The van der Waals surface area contributed by atoms with Crippen LogP contribution in [0.5, 0.6) is 5.75 Å². The maximum Gasteiger partial charge on any atom is 0.256 e. The average Bonchev–Trinajstić information content (AvgIpc) is 2.95. The predicted molar refractivity (Wildman–Crippen MR) is 148 cm³/mol. The molecule has 2 atom stereocenters. The standard InChI is InChI=1S/C30H41N3O4/c1-6-7-21(2)20-33-27(18-22-8-11-24(12-9-22)37-30(3,4)5)28(34)31-26-13-10-23(19-25(26)29(33)35)32-14-16-36-17-15-32/h8-13,19,21,27H,6-7,14-18,20H2,1-5H3,(H,31,34)/t21?,27-/m0/s1. The highest BCUT2D eigenvalue weighted by Gasteiger charge is 2.36. The van der Waals surface area contributed by atoms with Crippen molar-refractivity contribution in [2.24, 2.45) is 5.92 Å². The molecular weight excluding hydrogens is 466 g/mol. The van der Waals surface area contributed by atoms with Crippen LogP contribution in [0.3, 0.4) is 0 Å². The van der Waals surface area contributed by atoms with E-state index >= 15 is 0 Å². The second-order valence-corrected chi connectivity index (χ2v) is 11.2. The Morgan fingerprint density at radius 3 is 2.43 bits per heavy atom. The first-order valence-electron chi connectivity index (χ1n) is 13.5. The molecule has 200 valence electrons. The molecule has 0 saturated carbocycles. The first kappa shape index (κ1) is 27.0. The molecule has 1 N–H and O–H groups in total. The van der Waals surface area contributed by atoms with Crippen molar-refractivity contribution in [1.29, 1.82) is 0 Å². The summed E-state index contributed by atoms with van der Waals surface area (Å²) in [7, 11) is 0. The number of hydrogen-bond donors (Lipinski definition) is 1. The number of morpholine rings is 1. The van der Waals surface area contributed by atoms with Gasteiger partial charge in [0, 0.05) is 31.7 Å². The van der Waals surface area contributed by atoms with Crippen LogP contribution in [-0.2, 0) is 16.0 Å². The first-order chi connectivity index (χ1) is 17.6. The number of rotatable bonds is 8. The Morgan fingerprint density at radius 1 is 1.08 bits per heavy atom. The number of amides is 2. The van der Waals surface area contributed by atoms with Gasteiger partial charge in [-0.2, -0.15) is 0 Å². The largest absolute Gasteiger partial charge is 0.488 e. The lowest BCUT2D eigenvalue weighted by Crippen LogP contribution is -2.48. The molecule has 0 bridgehead atoms. The Morgan fingerprint density at radius 2 is 1.78 bits per heavy atom.